The van der Waals surface area contributed by atoms with Crippen molar-refractivity contribution in [2.24, 2.45) is 5.73 Å². The summed E-state index contributed by atoms with van der Waals surface area (Å²) in [5, 5.41) is 2.88. The van der Waals surface area contributed by atoms with Crippen molar-refractivity contribution in [1.29, 1.82) is 0 Å². The summed E-state index contributed by atoms with van der Waals surface area (Å²) >= 11 is 0. The highest BCUT2D eigenvalue weighted by molar-refractivity contribution is 5.93. The molecule has 0 aromatic heterocycles. The highest BCUT2D eigenvalue weighted by Crippen LogP contribution is 2.28. The van der Waals surface area contributed by atoms with Crippen LogP contribution in [0.4, 0.5) is 5.69 Å². The third-order valence-corrected chi connectivity index (χ3v) is 3.86. The summed E-state index contributed by atoms with van der Waals surface area (Å²) in [5.74, 6) is 0.897. The molecule has 3 rings (SSSR count). The Kier molecular flexibility index (Phi) is 3.62. The van der Waals surface area contributed by atoms with Crippen molar-refractivity contribution in [1.82, 2.24) is 0 Å². The van der Waals surface area contributed by atoms with E-state index < -0.39 is 0 Å². The number of carbonyl (C=O) groups excluding carboxylic acids is 1. The van der Waals surface area contributed by atoms with Crippen LogP contribution in [0, 0.1) is 0 Å². The van der Waals surface area contributed by atoms with Gasteiger partial charge >= 0.3 is 0 Å². The van der Waals surface area contributed by atoms with Gasteiger partial charge in [0.15, 0.2) is 0 Å². The fraction of sp³-hybridized carbons (Fsp3) is 0.235. The summed E-state index contributed by atoms with van der Waals surface area (Å²) in [6.07, 6.45) is 1.30. The molecule has 108 valence electrons. The van der Waals surface area contributed by atoms with Gasteiger partial charge in [-0.2, -0.15) is 0 Å². The number of nitrogens with two attached hydrogens (primary N) is 1. The number of ether oxygens (including phenoxy) is 1. The quantitative estimate of drug-likeness (QED) is 0.909. The second-order valence-corrected chi connectivity index (χ2v) is 5.22. The molecule has 21 heavy (non-hydrogen) atoms. The van der Waals surface area contributed by atoms with E-state index in [-0.39, 0.29) is 11.9 Å². The maximum absolute atomic E-state index is 11.4. The number of carbonyl (C=O) groups is 1. The Morgan fingerprint density at radius 2 is 1.81 bits per heavy atom. The van der Waals surface area contributed by atoms with E-state index in [1.54, 1.807) is 7.11 Å². The molecule has 0 fully saturated rings. The molecule has 1 atom stereocenters. The lowest BCUT2D eigenvalue weighted by molar-refractivity contribution is -0.116. The second kappa shape index (κ2) is 5.58. The average molecular weight is 282 g/mol. The number of hydrogen-bond acceptors (Lipinski definition) is 3. The summed E-state index contributed by atoms with van der Waals surface area (Å²) < 4.78 is 5.16. The largest absolute Gasteiger partial charge is 0.497 e. The molecule has 0 radical (unpaired) electrons. The van der Waals surface area contributed by atoms with Crippen molar-refractivity contribution in [3.8, 4) is 5.75 Å². The molecule has 0 aliphatic carbocycles. The first kappa shape index (κ1) is 13.6. The number of rotatable bonds is 3. The van der Waals surface area contributed by atoms with Crippen molar-refractivity contribution in [2.75, 3.05) is 12.4 Å². The van der Waals surface area contributed by atoms with Crippen molar-refractivity contribution in [3.05, 3.63) is 59.2 Å². The van der Waals surface area contributed by atoms with Crippen LogP contribution < -0.4 is 15.8 Å². The number of hydrogen-bond donors (Lipinski definition) is 2. The minimum atomic E-state index is -0.182. The van der Waals surface area contributed by atoms with Gasteiger partial charge in [-0.05, 0) is 41.3 Å². The summed E-state index contributed by atoms with van der Waals surface area (Å²) in [7, 11) is 1.65. The zero-order valence-corrected chi connectivity index (χ0v) is 11.9. The van der Waals surface area contributed by atoms with Gasteiger partial charge in [0.25, 0.3) is 0 Å². The Balaban J connectivity index is 1.87. The Morgan fingerprint density at radius 1 is 1.10 bits per heavy atom. The van der Waals surface area contributed by atoms with E-state index in [1.807, 2.05) is 36.4 Å². The van der Waals surface area contributed by atoms with Gasteiger partial charge in [0.05, 0.1) is 13.2 Å². The number of methoxy groups -OCH3 is 1. The third-order valence-electron chi connectivity index (χ3n) is 3.86. The smallest absolute Gasteiger partial charge is 0.224 e. The Hall–Kier alpha value is -2.33. The maximum Gasteiger partial charge on any atom is 0.224 e. The molecular formula is C17H18N2O2. The van der Waals surface area contributed by atoms with Crippen molar-refractivity contribution in [3.63, 3.8) is 0 Å². The number of benzene rings is 2. The van der Waals surface area contributed by atoms with Crippen LogP contribution in [0.2, 0.25) is 0 Å². The molecular weight excluding hydrogens is 264 g/mol. The fourth-order valence-corrected chi connectivity index (χ4v) is 2.60. The first-order valence-corrected chi connectivity index (χ1v) is 6.99. The molecule has 1 amide bonds. The topological polar surface area (TPSA) is 64.3 Å². The normalized spacial score (nSPS) is 15.0. The van der Waals surface area contributed by atoms with Gasteiger partial charge in [0.2, 0.25) is 5.91 Å². The van der Waals surface area contributed by atoms with Gasteiger partial charge in [0.1, 0.15) is 5.75 Å². The number of fused-ring (bicyclic) bond motifs is 1. The van der Waals surface area contributed by atoms with Crippen LogP contribution in [0.25, 0.3) is 0 Å². The Morgan fingerprint density at radius 3 is 2.52 bits per heavy atom. The molecule has 1 aliphatic rings. The van der Waals surface area contributed by atoms with Crippen LogP contribution in [-0.2, 0) is 11.2 Å². The summed E-state index contributed by atoms with van der Waals surface area (Å²) in [4.78, 5) is 11.4. The van der Waals surface area contributed by atoms with E-state index in [1.165, 1.54) is 0 Å². The molecule has 2 aromatic rings. The van der Waals surface area contributed by atoms with Gasteiger partial charge in [-0.25, -0.2) is 0 Å². The standard InChI is InChI=1S/C17H18N2O2/c1-21-14-6-2-11(3-7-14)17(18)13-4-8-15-12(10-13)5-9-16(20)19-15/h2-4,6-8,10,17H,5,9,18H2,1H3,(H,19,20). The zero-order valence-electron chi connectivity index (χ0n) is 11.9. The van der Waals surface area contributed by atoms with E-state index >= 15 is 0 Å². The van der Waals surface area contributed by atoms with Crippen LogP contribution in [-0.4, -0.2) is 13.0 Å². The third kappa shape index (κ3) is 2.76. The molecule has 3 N–H and O–H groups in total. The zero-order chi connectivity index (χ0) is 14.8. The van der Waals surface area contributed by atoms with Gasteiger partial charge in [0, 0.05) is 12.1 Å². The van der Waals surface area contributed by atoms with Crippen LogP contribution in [0.15, 0.2) is 42.5 Å². The van der Waals surface area contributed by atoms with Gasteiger partial charge in [-0.15, -0.1) is 0 Å². The predicted octanol–water partition coefficient (Wildman–Crippen LogP) is 2.63. The van der Waals surface area contributed by atoms with Crippen molar-refractivity contribution in [2.45, 2.75) is 18.9 Å². The molecule has 1 heterocycles. The van der Waals surface area contributed by atoms with Gasteiger partial charge in [-0.3, -0.25) is 4.79 Å². The predicted molar refractivity (Wildman–Crippen MR) is 82.4 cm³/mol. The monoisotopic (exact) mass is 282 g/mol. The minimum Gasteiger partial charge on any atom is -0.497 e. The van der Waals surface area contributed by atoms with Gasteiger partial charge < -0.3 is 15.8 Å². The summed E-state index contributed by atoms with van der Waals surface area (Å²) in [5.41, 5.74) is 10.5. The molecule has 1 aliphatic heterocycles. The molecule has 0 saturated heterocycles. The summed E-state index contributed by atoms with van der Waals surface area (Å²) in [6, 6.07) is 13.6. The second-order valence-electron chi connectivity index (χ2n) is 5.22. The lowest BCUT2D eigenvalue weighted by atomic mass is 9.94. The number of aryl methyl sites for hydroxylation is 1. The van der Waals surface area contributed by atoms with Crippen molar-refractivity contribution < 1.29 is 9.53 Å². The molecule has 0 spiro atoms. The van der Waals surface area contributed by atoms with E-state index in [9.17, 15) is 4.79 Å². The van der Waals surface area contributed by atoms with Crippen LogP contribution >= 0.6 is 0 Å². The van der Waals surface area contributed by atoms with Crippen molar-refractivity contribution >= 4 is 11.6 Å². The Bertz CT molecular complexity index is 665. The number of anilines is 1. The molecule has 2 aromatic carbocycles. The maximum atomic E-state index is 11.4. The first-order valence-electron chi connectivity index (χ1n) is 6.99. The fourth-order valence-electron chi connectivity index (χ4n) is 2.60. The van der Waals surface area contributed by atoms with E-state index in [2.05, 4.69) is 11.4 Å². The first-order chi connectivity index (χ1) is 10.2. The molecule has 4 nitrogen and oxygen atoms in total. The minimum absolute atomic E-state index is 0.0784. The SMILES string of the molecule is COc1ccc(C(N)c2ccc3c(c2)CCC(=O)N3)cc1. The molecule has 1 unspecified atom stereocenters. The Labute approximate surface area is 123 Å². The van der Waals surface area contributed by atoms with E-state index in [0.717, 1.165) is 34.5 Å². The molecule has 0 bridgehead atoms. The highest BCUT2D eigenvalue weighted by Gasteiger charge is 2.17. The lowest BCUT2D eigenvalue weighted by Crippen LogP contribution is -2.20. The van der Waals surface area contributed by atoms with Gasteiger partial charge in [-0.1, -0.05) is 24.3 Å². The van der Waals surface area contributed by atoms with Crippen LogP contribution in [0.1, 0.15) is 29.2 Å². The number of nitrogens with one attached hydrogen (secondary N) is 1. The number of amides is 1. The van der Waals surface area contributed by atoms with E-state index in [0.29, 0.717) is 6.42 Å². The van der Waals surface area contributed by atoms with E-state index in [4.69, 9.17) is 10.5 Å². The molecule has 0 saturated carbocycles. The van der Waals surface area contributed by atoms with Crippen LogP contribution in [0.3, 0.4) is 0 Å². The lowest BCUT2D eigenvalue weighted by Gasteiger charge is -2.20. The average Bonchev–Trinajstić information content (AvgIpc) is 2.53. The molecule has 4 heteroatoms. The highest BCUT2D eigenvalue weighted by atomic mass is 16.5. The summed E-state index contributed by atoms with van der Waals surface area (Å²) in [6.45, 7) is 0. The van der Waals surface area contributed by atoms with Crippen LogP contribution in [0.5, 0.6) is 5.75 Å².